The van der Waals surface area contributed by atoms with Gasteiger partial charge in [0.15, 0.2) is 21.3 Å². The van der Waals surface area contributed by atoms with E-state index in [-0.39, 0.29) is 16.8 Å². The van der Waals surface area contributed by atoms with E-state index in [0.717, 1.165) is 22.6 Å². The number of hydrogen-bond acceptors (Lipinski definition) is 5. The Kier molecular flexibility index (Phi) is 6.24. The highest BCUT2D eigenvalue weighted by Gasteiger charge is 2.16. The number of rotatable bonds is 7. The van der Waals surface area contributed by atoms with Crippen LogP contribution in [0.1, 0.15) is 36.9 Å². The van der Waals surface area contributed by atoms with E-state index in [9.17, 15) is 13.2 Å². The predicted octanol–water partition coefficient (Wildman–Crippen LogP) is 3.06. The third-order valence-corrected chi connectivity index (χ3v) is 5.83. The Morgan fingerprint density at radius 3 is 2.39 bits per heavy atom. The van der Waals surface area contributed by atoms with Crippen LogP contribution in [-0.2, 0) is 21.1 Å². The molecule has 1 aliphatic rings. The zero-order valence-corrected chi connectivity index (χ0v) is 16.9. The molecule has 3 rings (SSSR count). The third kappa shape index (κ3) is 5.04. The first kappa shape index (κ1) is 20.2. The normalized spacial score (nSPS) is 14.4. The molecule has 0 spiro atoms. The molecule has 1 atom stereocenters. The van der Waals surface area contributed by atoms with Crippen LogP contribution in [0.15, 0.2) is 47.4 Å². The van der Waals surface area contributed by atoms with Crippen molar-refractivity contribution in [3.63, 3.8) is 0 Å². The van der Waals surface area contributed by atoms with Gasteiger partial charge in [-0.1, -0.05) is 25.1 Å². The highest BCUT2D eigenvalue weighted by atomic mass is 32.2. The molecule has 0 saturated heterocycles. The van der Waals surface area contributed by atoms with Gasteiger partial charge in [-0.2, -0.15) is 0 Å². The predicted molar refractivity (Wildman–Crippen MR) is 106 cm³/mol. The number of sulfone groups is 1. The molecule has 150 valence electrons. The van der Waals surface area contributed by atoms with Crippen LogP contribution < -0.4 is 14.8 Å². The number of carbonyl (C=O) groups is 1. The van der Waals surface area contributed by atoms with Crippen molar-refractivity contribution in [2.75, 3.05) is 19.5 Å². The second-order valence-corrected chi connectivity index (χ2v) is 8.86. The van der Waals surface area contributed by atoms with Crippen molar-refractivity contribution in [1.82, 2.24) is 5.32 Å². The maximum atomic E-state index is 12.4. The van der Waals surface area contributed by atoms with Crippen LogP contribution >= 0.6 is 0 Å². The average molecular weight is 404 g/mol. The molecular formula is C21H25NO5S. The number of hydrogen-bond donors (Lipinski definition) is 1. The van der Waals surface area contributed by atoms with Gasteiger partial charge in [0.25, 0.3) is 0 Å². The molecule has 1 N–H and O–H groups in total. The summed E-state index contributed by atoms with van der Waals surface area (Å²) in [6.07, 6.45) is 2.86. The Morgan fingerprint density at radius 1 is 1.07 bits per heavy atom. The Morgan fingerprint density at radius 2 is 1.75 bits per heavy atom. The summed E-state index contributed by atoms with van der Waals surface area (Å²) in [7, 11) is -3.23. The molecule has 0 aliphatic carbocycles. The molecule has 0 fully saturated rings. The van der Waals surface area contributed by atoms with Gasteiger partial charge in [-0.3, -0.25) is 4.79 Å². The van der Waals surface area contributed by atoms with Gasteiger partial charge in [0.05, 0.1) is 10.9 Å². The van der Waals surface area contributed by atoms with Gasteiger partial charge < -0.3 is 14.8 Å². The molecule has 0 saturated carbocycles. The van der Waals surface area contributed by atoms with E-state index in [1.165, 1.54) is 6.26 Å². The van der Waals surface area contributed by atoms with Crippen molar-refractivity contribution in [3.8, 4) is 11.5 Å². The summed E-state index contributed by atoms with van der Waals surface area (Å²) in [6, 6.07) is 12.3. The lowest BCUT2D eigenvalue weighted by molar-refractivity contribution is -0.121. The highest BCUT2D eigenvalue weighted by molar-refractivity contribution is 7.90. The fraction of sp³-hybridized carbons (Fsp3) is 0.381. The van der Waals surface area contributed by atoms with Gasteiger partial charge in [-0.25, -0.2) is 8.42 Å². The first-order chi connectivity index (χ1) is 13.4. The standard InChI is InChI=1S/C21H25NO5S/c1-3-18(16-6-8-17(9-7-16)28(2,24)25)22-21(23)11-5-15-4-10-19-20(14-15)27-13-12-26-19/h4,6-10,14,18H,3,5,11-13H2,1-2H3,(H,22,23). The molecule has 2 aromatic carbocycles. The SMILES string of the molecule is CCC(NC(=O)CCc1ccc2c(c1)OCCO2)c1ccc(S(C)(=O)=O)cc1. The molecule has 7 heteroatoms. The topological polar surface area (TPSA) is 81.7 Å². The van der Waals surface area contributed by atoms with Crippen molar-refractivity contribution < 1.29 is 22.7 Å². The van der Waals surface area contributed by atoms with Gasteiger partial charge in [0, 0.05) is 12.7 Å². The van der Waals surface area contributed by atoms with Gasteiger partial charge in [-0.05, 0) is 48.2 Å². The first-order valence-electron chi connectivity index (χ1n) is 9.34. The first-order valence-corrected chi connectivity index (χ1v) is 11.2. The number of nitrogens with one attached hydrogen (secondary N) is 1. The number of fused-ring (bicyclic) bond motifs is 1. The van der Waals surface area contributed by atoms with Gasteiger partial charge in [-0.15, -0.1) is 0 Å². The minimum Gasteiger partial charge on any atom is -0.486 e. The molecular weight excluding hydrogens is 378 g/mol. The lowest BCUT2D eigenvalue weighted by Crippen LogP contribution is -2.28. The summed E-state index contributed by atoms with van der Waals surface area (Å²) in [6.45, 7) is 3.07. The van der Waals surface area contributed by atoms with Gasteiger partial charge in [0.1, 0.15) is 13.2 Å². The van der Waals surface area contributed by atoms with Gasteiger partial charge >= 0.3 is 0 Å². The molecule has 28 heavy (non-hydrogen) atoms. The van der Waals surface area contributed by atoms with Gasteiger partial charge in [0.2, 0.25) is 5.91 Å². The Labute approximate surface area is 165 Å². The summed E-state index contributed by atoms with van der Waals surface area (Å²) in [5.74, 6) is 1.42. The smallest absolute Gasteiger partial charge is 0.220 e. The number of carbonyl (C=O) groups excluding carboxylic acids is 1. The maximum absolute atomic E-state index is 12.4. The van der Waals surface area contributed by atoms with Crippen molar-refractivity contribution in [2.24, 2.45) is 0 Å². The second kappa shape index (κ2) is 8.65. The number of amides is 1. The summed E-state index contributed by atoms with van der Waals surface area (Å²) in [5.41, 5.74) is 1.91. The van der Waals surface area contributed by atoms with E-state index in [1.807, 2.05) is 25.1 Å². The molecule has 1 aliphatic heterocycles. The molecule has 1 heterocycles. The number of benzene rings is 2. The third-order valence-electron chi connectivity index (χ3n) is 4.70. The fourth-order valence-electron chi connectivity index (χ4n) is 3.14. The summed E-state index contributed by atoms with van der Waals surface area (Å²) < 4.78 is 34.3. The van der Waals surface area contributed by atoms with E-state index in [2.05, 4.69) is 5.32 Å². The minimum atomic E-state index is -3.23. The maximum Gasteiger partial charge on any atom is 0.220 e. The molecule has 0 radical (unpaired) electrons. The molecule has 0 bridgehead atoms. The minimum absolute atomic E-state index is 0.0473. The van der Waals surface area contributed by atoms with Crippen LogP contribution in [-0.4, -0.2) is 33.8 Å². The molecule has 2 aromatic rings. The Balaban J connectivity index is 1.58. The van der Waals surface area contributed by atoms with Crippen molar-refractivity contribution in [2.45, 2.75) is 37.1 Å². The van der Waals surface area contributed by atoms with E-state index < -0.39 is 9.84 Å². The van der Waals surface area contributed by atoms with Crippen LogP contribution in [0.25, 0.3) is 0 Å². The molecule has 6 nitrogen and oxygen atoms in total. The fourth-order valence-corrected chi connectivity index (χ4v) is 3.77. The lowest BCUT2D eigenvalue weighted by atomic mass is 10.0. The lowest BCUT2D eigenvalue weighted by Gasteiger charge is -2.19. The van der Waals surface area contributed by atoms with Crippen molar-refractivity contribution in [1.29, 1.82) is 0 Å². The monoisotopic (exact) mass is 403 g/mol. The van der Waals surface area contributed by atoms with E-state index in [4.69, 9.17) is 9.47 Å². The Hall–Kier alpha value is -2.54. The zero-order chi connectivity index (χ0) is 20.1. The van der Waals surface area contributed by atoms with Crippen molar-refractivity contribution in [3.05, 3.63) is 53.6 Å². The number of ether oxygens (including phenoxy) is 2. The quantitative estimate of drug-likeness (QED) is 0.768. The molecule has 1 amide bonds. The van der Waals surface area contributed by atoms with E-state index in [0.29, 0.717) is 32.5 Å². The van der Waals surface area contributed by atoms with E-state index >= 15 is 0 Å². The number of aryl methyl sites for hydroxylation is 1. The van der Waals surface area contributed by atoms with Crippen LogP contribution in [0, 0.1) is 0 Å². The zero-order valence-electron chi connectivity index (χ0n) is 16.1. The second-order valence-electron chi connectivity index (χ2n) is 6.85. The van der Waals surface area contributed by atoms with Crippen LogP contribution in [0.5, 0.6) is 11.5 Å². The van der Waals surface area contributed by atoms with Crippen LogP contribution in [0.2, 0.25) is 0 Å². The summed E-state index contributed by atoms with van der Waals surface area (Å²) in [4.78, 5) is 12.7. The molecule has 1 unspecified atom stereocenters. The Bertz CT molecular complexity index is 938. The van der Waals surface area contributed by atoms with Crippen LogP contribution in [0.3, 0.4) is 0 Å². The summed E-state index contributed by atoms with van der Waals surface area (Å²) in [5, 5.41) is 3.03. The van der Waals surface area contributed by atoms with E-state index in [1.54, 1.807) is 24.3 Å². The van der Waals surface area contributed by atoms with Crippen LogP contribution in [0.4, 0.5) is 0 Å². The average Bonchev–Trinajstić information content (AvgIpc) is 2.69. The summed E-state index contributed by atoms with van der Waals surface area (Å²) >= 11 is 0. The molecule has 0 aromatic heterocycles. The van der Waals surface area contributed by atoms with Crippen molar-refractivity contribution >= 4 is 15.7 Å². The largest absolute Gasteiger partial charge is 0.486 e. The highest BCUT2D eigenvalue weighted by Crippen LogP contribution is 2.31.